The molecule has 0 aliphatic rings. The van der Waals surface area contributed by atoms with Gasteiger partial charge in [0.2, 0.25) is 0 Å². The summed E-state index contributed by atoms with van der Waals surface area (Å²) in [4.78, 5) is 12.9. The highest BCUT2D eigenvalue weighted by Crippen LogP contribution is 2.01. The molecule has 1 amide bonds. The monoisotopic (exact) mass is 189 g/mol. The normalized spacial score (nSPS) is 12.3. The predicted octanol–water partition coefficient (Wildman–Crippen LogP) is 1.24. The summed E-state index contributed by atoms with van der Waals surface area (Å²) in [5.74, 6) is 0. The van der Waals surface area contributed by atoms with Gasteiger partial charge in [-0.05, 0) is 20.8 Å². The molecule has 0 aliphatic carbocycles. The van der Waals surface area contributed by atoms with Gasteiger partial charge in [-0.3, -0.25) is 0 Å². The van der Waals surface area contributed by atoms with E-state index >= 15 is 0 Å². The van der Waals surface area contributed by atoms with Crippen molar-refractivity contribution in [1.29, 1.82) is 0 Å². The molecular formula is C9H19NO3. The third-order valence-electron chi connectivity index (χ3n) is 1.86. The first-order valence-corrected chi connectivity index (χ1v) is 4.72. The number of carbonyl (C=O) groups is 1. The van der Waals surface area contributed by atoms with Crippen molar-refractivity contribution >= 4 is 6.09 Å². The van der Waals surface area contributed by atoms with Crippen molar-refractivity contribution in [2.75, 3.05) is 19.7 Å². The van der Waals surface area contributed by atoms with Crippen molar-refractivity contribution in [3.8, 4) is 0 Å². The maximum atomic E-state index is 11.3. The Hall–Kier alpha value is -0.770. The number of hydrogen-bond donors (Lipinski definition) is 1. The van der Waals surface area contributed by atoms with Crippen LogP contribution in [0.15, 0.2) is 0 Å². The average Bonchev–Trinajstić information content (AvgIpc) is 2.06. The highest BCUT2D eigenvalue weighted by Gasteiger charge is 2.13. The highest BCUT2D eigenvalue weighted by molar-refractivity contribution is 5.67. The van der Waals surface area contributed by atoms with Crippen LogP contribution in [0.4, 0.5) is 4.79 Å². The summed E-state index contributed by atoms with van der Waals surface area (Å²) in [5, 5.41) is 8.60. The topological polar surface area (TPSA) is 49.8 Å². The molecule has 0 rings (SSSR count). The van der Waals surface area contributed by atoms with Gasteiger partial charge in [0.15, 0.2) is 0 Å². The van der Waals surface area contributed by atoms with Gasteiger partial charge in [-0.25, -0.2) is 4.79 Å². The second kappa shape index (κ2) is 6.71. The second-order valence-corrected chi connectivity index (χ2v) is 2.88. The lowest BCUT2D eigenvalue weighted by atomic mass is 10.3. The Labute approximate surface area is 79.5 Å². The third-order valence-corrected chi connectivity index (χ3v) is 1.86. The van der Waals surface area contributed by atoms with Crippen LogP contribution in [0, 0.1) is 0 Å². The van der Waals surface area contributed by atoms with Crippen molar-refractivity contribution in [1.82, 2.24) is 4.90 Å². The fraction of sp³-hybridized carbons (Fsp3) is 0.889. The molecule has 0 saturated carbocycles. The van der Waals surface area contributed by atoms with E-state index in [-0.39, 0.29) is 18.8 Å². The number of aliphatic hydroxyl groups excluding tert-OH is 1. The lowest BCUT2D eigenvalue weighted by molar-refractivity contribution is 0.0612. The molecule has 0 bridgehead atoms. The summed E-state index contributed by atoms with van der Waals surface area (Å²) in [5.41, 5.74) is 0. The minimum absolute atomic E-state index is 0.0483. The number of nitrogens with zero attached hydrogens (tertiary/aromatic N) is 1. The smallest absolute Gasteiger partial charge is 0.410 e. The van der Waals surface area contributed by atoms with Crippen molar-refractivity contribution in [3.05, 3.63) is 0 Å². The molecular weight excluding hydrogens is 170 g/mol. The van der Waals surface area contributed by atoms with E-state index < -0.39 is 0 Å². The fourth-order valence-electron chi connectivity index (χ4n) is 0.969. The molecule has 0 heterocycles. The molecule has 0 aliphatic heterocycles. The first-order chi connectivity index (χ1) is 6.15. The van der Waals surface area contributed by atoms with Crippen molar-refractivity contribution < 1.29 is 14.6 Å². The molecule has 0 fully saturated rings. The Bertz CT molecular complexity index is 146. The van der Waals surface area contributed by atoms with Crippen LogP contribution in [-0.4, -0.2) is 41.9 Å². The zero-order valence-electron chi connectivity index (χ0n) is 8.62. The maximum absolute atomic E-state index is 11.3. The van der Waals surface area contributed by atoms with Crippen LogP contribution < -0.4 is 0 Å². The Balaban J connectivity index is 3.83. The molecule has 0 aromatic carbocycles. The minimum Gasteiger partial charge on any atom is -0.446 e. The first kappa shape index (κ1) is 12.2. The number of hydrogen-bond acceptors (Lipinski definition) is 3. The van der Waals surface area contributed by atoms with Crippen LogP contribution in [0.2, 0.25) is 0 Å². The Kier molecular flexibility index (Phi) is 6.32. The van der Waals surface area contributed by atoms with Crippen molar-refractivity contribution in [3.63, 3.8) is 0 Å². The number of rotatable bonds is 5. The summed E-state index contributed by atoms with van der Waals surface area (Å²) in [6.45, 7) is 6.94. The number of amides is 1. The van der Waals surface area contributed by atoms with Crippen LogP contribution in [0.25, 0.3) is 0 Å². The molecule has 0 saturated heterocycles. The Morgan fingerprint density at radius 1 is 1.46 bits per heavy atom. The van der Waals surface area contributed by atoms with Gasteiger partial charge >= 0.3 is 6.09 Å². The number of carbonyl (C=O) groups excluding carboxylic acids is 1. The highest BCUT2D eigenvalue weighted by atomic mass is 16.6. The molecule has 4 heteroatoms. The Morgan fingerprint density at radius 3 is 2.38 bits per heavy atom. The molecule has 1 atom stereocenters. The van der Waals surface area contributed by atoms with E-state index in [1.54, 1.807) is 11.8 Å². The number of aliphatic hydroxyl groups is 1. The van der Waals surface area contributed by atoms with Gasteiger partial charge < -0.3 is 14.7 Å². The fourth-order valence-corrected chi connectivity index (χ4v) is 0.969. The maximum Gasteiger partial charge on any atom is 0.410 e. The summed E-state index contributed by atoms with van der Waals surface area (Å²) < 4.78 is 5.06. The van der Waals surface area contributed by atoms with Crippen LogP contribution in [0.3, 0.4) is 0 Å². The third kappa shape index (κ3) is 4.72. The van der Waals surface area contributed by atoms with Crippen LogP contribution in [0.1, 0.15) is 27.2 Å². The van der Waals surface area contributed by atoms with E-state index in [9.17, 15) is 4.79 Å². The van der Waals surface area contributed by atoms with Gasteiger partial charge in [-0.1, -0.05) is 0 Å². The number of ether oxygens (including phenoxy) is 1. The van der Waals surface area contributed by atoms with E-state index in [0.29, 0.717) is 19.5 Å². The van der Waals surface area contributed by atoms with E-state index in [2.05, 4.69) is 0 Å². The molecule has 13 heavy (non-hydrogen) atoms. The second-order valence-electron chi connectivity index (χ2n) is 2.88. The molecule has 0 radical (unpaired) electrons. The van der Waals surface area contributed by atoms with Gasteiger partial charge in [-0.15, -0.1) is 0 Å². The lowest BCUT2D eigenvalue weighted by Gasteiger charge is -2.20. The summed E-state index contributed by atoms with van der Waals surface area (Å²) in [6, 6.07) is 0. The molecule has 0 aromatic rings. The van der Waals surface area contributed by atoms with E-state index in [0.717, 1.165) is 0 Å². The summed E-state index contributed by atoms with van der Waals surface area (Å²) in [7, 11) is 0. The van der Waals surface area contributed by atoms with Crippen molar-refractivity contribution in [2.45, 2.75) is 33.3 Å². The molecule has 4 nitrogen and oxygen atoms in total. The zero-order chi connectivity index (χ0) is 10.3. The minimum atomic E-state index is -0.300. The van der Waals surface area contributed by atoms with E-state index in [1.165, 1.54) is 0 Å². The Morgan fingerprint density at radius 2 is 2.00 bits per heavy atom. The summed E-state index contributed by atoms with van der Waals surface area (Å²) >= 11 is 0. The van der Waals surface area contributed by atoms with Crippen LogP contribution >= 0.6 is 0 Å². The average molecular weight is 189 g/mol. The van der Waals surface area contributed by atoms with Gasteiger partial charge in [0.25, 0.3) is 0 Å². The van der Waals surface area contributed by atoms with Gasteiger partial charge in [0.05, 0.1) is 0 Å². The SMILES string of the molecule is CCN(CC)C(=O)OC(C)CCO. The van der Waals surface area contributed by atoms with Crippen LogP contribution in [-0.2, 0) is 4.74 Å². The van der Waals surface area contributed by atoms with E-state index in [1.807, 2.05) is 13.8 Å². The molecule has 1 N–H and O–H groups in total. The summed E-state index contributed by atoms with van der Waals surface area (Å²) in [6.07, 6.45) is -0.0171. The quantitative estimate of drug-likeness (QED) is 0.707. The zero-order valence-corrected chi connectivity index (χ0v) is 8.62. The standard InChI is InChI=1S/C9H19NO3/c1-4-10(5-2)9(12)13-8(3)6-7-11/h8,11H,4-7H2,1-3H3. The first-order valence-electron chi connectivity index (χ1n) is 4.72. The van der Waals surface area contributed by atoms with Gasteiger partial charge in [0.1, 0.15) is 6.10 Å². The predicted molar refractivity (Wildman–Crippen MR) is 50.6 cm³/mol. The lowest BCUT2D eigenvalue weighted by Crippen LogP contribution is -2.33. The van der Waals surface area contributed by atoms with Crippen molar-refractivity contribution in [2.24, 2.45) is 0 Å². The molecule has 78 valence electrons. The van der Waals surface area contributed by atoms with Gasteiger partial charge in [-0.2, -0.15) is 0 Å². The molecule has 1 unspecified atom stereocenters. The molecule has 0 spiro atoms. The van der Waals surface area contributed by atoms with Gasteiger partial charge in [0, 0.05) is 26.1 Å². The van der Waals surface area contributed by atoms with E-state index in [4.69, 9.17) is 9.84 Å². The largest absolute Gasteiger partial charge is 0.446 e. The molecule has 0 aromatic heterocycles. The van der Waals surface area contributed by atoms with Crippen LogP contribution in [0.5, 0.6) is 0 Å².